The SMILES string of the molecule is Cc1ccccc1C1SC(C)C(=O)N1CCN1CCN(C(=O)Nc2ccc(C(F)(F)F)cc2)CC1. The van der Waals surface area contributed by atoms with Crippen LogP contribution >= 0.6 is 11.8 Å². The van der Waals surface area contributed by atoms with Crippen LogP contribution in [0.25, 0.3) is 0 Å². The van der Waals surface area contributed by atoms with Gasteiger partial charge in [0.1, 0.15) is 5.37 Å². The number of rotatable bonds is 5. The van der Waals surface area contributed by atoms with Crippen LogP contribution in [0.2, 0.25) is 0 Å². The van der Waals surface area contributed by atoms with Gasteiger partial charge in [-0.05, 0) is 49.2 Å². The fourth-order valence-corrected chi connectivity index (χ4v) is 5.78. The van der Waals surface area contributed by atoms with Crippen molar-refractivity contribution < 1.29 is 22.8 Å². The minimum absolute atomic E-state index is 0.00880. The summed E-state index contributed by atoms with van der Waals surface area (Å²) in [6.45, 7) is 7.70. The van der Waals surface area contributed by atoms with Crippen LogP contribution in [-0.4, -0.2) is 71.2 Å². The monoisotopic (exact) mass is 506 g/mol. The molecule has 1 N–H and O–H groups in total. The number of carbonyl (C=O) groups excluding carboxylic acids is 2. The summed E-state index contributed by atoms with van der Waals surface area (Å²) in [6, 6.07) is 12.2. The van der Waals surface area contributed by atoms with Gasteiger partial charge in [0, 0.05) is 45.0 Å². The molecule has 2 aliphatic rings. The quantitative estimate of drug-likeness (QED) is 0.632. The van der Waals surface area contributed by atoms with Crippen molar-refractivity contribution in [2.24, 2.45) is 0 Å². The van der Waals surface area contributed by atoms with E-state index < -0.39 is 11.7 Å². The molecule has 2 unspecified atom stereocenters. The van der Waals surface area contributed by atoms with E-state index in [0.29, 0.717) is 38.4 Å². The smallest absolute Gasteiger partial charge is 0.324 e. The molecule has 0 spiro atoms. The summed E-state index contributed by atoms with van der Waals surface area (Å²) < 4.78 is 38.1. The average Bonchev–Trinajstić information content (AvgIpc) is 3.11. The zero-order valence-corrected chi connectivity index (χ0v) is 20.5. The lowest BCUT2D eigenvalue weighted by molar-refractivity contribution is -0.137. The molecule has 2 heterocycles. The van der Waals surface area contributed by atoms with E-state index in [1.54, 1.807) is 16.7 Å². The molecule has 0 aliphatic carbocycles. The van der Waals surface area contributed by atoms with Crippen molar-refractivity contribution in [3.8, 4) is 0 Å². The van der Waals surface area contributed by atoms with Crippen molar-refractivity contribution in [2.45, 2.75) is 30.6 Å². The highest BCUT2D eigenvalue weighted by Gasteiger charge is 2.39. The standard InChI is InChI=1S/C25H29F3N4O2S/c1-17-5-3-4-6-21(17)23-32(22(33)18(2)35-23)16-13-30-11-14-31(15-12-30)24(34)29-20-9-7-19(8-10-20)25(26,27)28/h3-10,18,23H,11-16H2,1-2H3,(H,29,34). The molecule has 2 saturated heterocycles. The van der Waals surface area contributed by atoms with Gasteiger partial charge < -0.3 is 15.1 Å². The maximum Gasteiger partial charge on any atom is 0.416 e. The van der Waals surface area contributed by atoms with Gasteiger partial charge in [-0.2, -0.15) is 13.2 Å². The predicted molar refractivity (Wildman–Crippen MR) is 131 cm³/mol. The van der Waals surface area contributed by atoms with Gasteiger partial charge in [-0.1, -0.05) is 24.3 Å². The van der Waals surface area contributed by atoms with Crippen LogP contribution in [0.1, 0.15) is 29.0 Å². The van der Waals surface area contributed by atoms with E-state index >= 15 is 0 Å². The number of alkyl halides is 3. The average molecular weight is 507 g/mol. The molecule has 0 aromatic heterocycles. The summed E-state index contributed by atoms with van der Waals surface area (Å²) in [5.41, 5.74) is 1.91. The Morgan fingerprint density at radius 2 is 1.69 bits per heavy atom. The maximum atomic E-state index is 12.8. The van der Waals surface area contributed by atoms with Crippen molar-refractivity contribution in [1.29, 1.82) is 0 Å². The van der Waals surface area contributed by atoms with E-state index in [0.717, 1.165) is 18.7 Å². The summed E-state index contributed by atoms with van der Waals surface area (Å²) >= 11 is 1.68. The number of hydrogen-bond donors (Lipinski definition) is 1. The number of urea groups is 1. The van der Waals surface area contributed by atoms with Crippen LogP contribution < -0.4 is 5.32 Å². The number of amides is 3. The van der Waals surface area contributed by atoms with Crippen molar-refractivity contribution >= 4 is 29.4 Å². The molecular formula is C25H29F3N4O2S. The van der Waals surface area contributed by atoms with Gasteiger partial charge >= 0.3 is 12.2 Å². The first-order valence-corrected chi connectivity index (χ1v) is 12.5. The van der Waals surface area contributed by atoms with Crippen LogP contribution in [0, 0.1) is 6.92 Å². The number of carbonyl (C=O) groups is 2. The molecule has 188 valence electrons. The Bertz CT molecular complexity index is 1060. The second-order valence-corrected chi connectivity index (χ2v) is 10.3. The van der Waals surface area contributed by atoms with Crippen LogP contribution in [0.4, 0.5) is 23.7 Å². The van der Waals surface area contributed by atoms with E-state index in [2.05, 4.69) is 29.3 Å². The first-order chi connectivity index (χ1) is 16.6. The van der Waals surface area contributed by atoms with Crippen LogP contribution in [0.5, 0.6) is 0 Å². The van der Waals surface area contributed by atoms with Gasteiger partial charge in [-0.3, -0.25) is 9.69 Å². The van der Waals surface area contributed by atoms with Gasteiger partial charge in [0.2, 0.25) is 5.91 Å². The summed E-state index contributed by atoms with van der Waals surface area (Å²) in [6.07, 6.45) is -4.41. The molecule has 2 atom stereocenters. The molecule has 4 rings (SSSR count). The highest BCUT2D eigenvalue weighted by molar-refractivity contribution is 8.01. The van der Waals surface area contributed by atoms with E-state index in [-0.39, 0.29) is 22.6 Å². The highest BCUT2D eigenvalue weighted by atomic mass is 32.2. The van der Waals surface area contributed by atoms with Crippen LogP contribution in [-0.2, 0) is 11.0 Å². The predicted octanol–water partition coefficient (Wildman–Crippen LogP) is 4.83. The number of thioether (sulfide) groups is 1. The molecule has 2 aromatic carbocycles. The van der Waals surface area contributed by atoms with Crippen molar-refractivity contribution in [2.75, 3.05) is 44.6 Å². The molecule has 0 bridgehead atoms. The maximum absolute atomic E-state index is 12.8. The second-order valence-electron chi connectivity index (χ2n) is 8.85. The number of piperazine rings is 1. The van der Waals surface area contributed by atoms with E-state index in [4.69, 9.17) is 0 Å². The number of anilines is 1. The van der Waals surface area contributed by atoms with Crippen molar-refractivity contribution in [1.82, 2.24) is 14.7 Å². The van der Waals surface area contributed by atoms with E-state index in [1.165, 1.54) is 23.3 Å². The van der Waals surface area contributed by atoms with Crippen molar-refractivity contribution in [3.05, 3.63) is 65.2 Å². The minimum Gasteiger partial charge on any atom is -0.324 e. The van der Waals surface area contributed by atoms with E-state index in [9.17, 15) is 22.8 Å². The number of benzene rings is 2. The Morgan fingerprint density at radius 1 is 1.03 bits per heavy atom. The normalized spacial score (nSPS) is 21.5. The first kappa shape index (κ1) is 25.4. The second kappa shape index (κ2) is 10.5. The molecule has 10 heteroatoms. The lowest BCUT2D eigenvalue weighted by Crippen LogP contribution is -2.51. The van der Waals surface area contributed by atoms with Gasteiger partial charge in [-0.15, -0.1) is 11.8 Å². The number of hydrogen-bond acceptors (Lipinski definition) is 4. The molecule has 2 aromatic rings. The minimum atomic E-state index is -4.41. The Hall–Kier alpha value is -2.72. The molecule has 2 aliphatic heterocycles. The summed E-state index contributed by atoms with van der Waals surface area (Å²) in [5, 5.41) is 2.60. The fourth-order valence-electron chi connectivity index (χ4n) is 4.38. The largest absolute Gasteiger partial charge is 0.416 e. The summed E-state index contributed by atoms with van der Waals surface area (Å²) in [5.74, 6) is 0.151. The molecule has 3 amide bonds. The number of nitrogens with zero attached hydrogens (tertiary/aromatic N) is 3. The third-order valence-corrected chi connectivity index (χ3v) is 7.86. The topological polar surface area (TPSA) is 55.9 Å². The molecule has 35 heavy (non-hydrogen) atoms. The number of nitrogens with one attached hydrogen (secondary N) is 1. The third kappa shape index (κ3) is 5.92. The lowest BCUT2D eigenvalue weighted by Gasteiger charge is -2.36. The molecule has 0 radical (unpaired) electrons. The third-order valence-electron chi connectivity index (χ3n) is 6.48. The highest BCUT2D eigenvalue weighted by Crippen LogP contribution is 2.43. The van der Waals surface area contributed by atoms with Gasteiger partial charge in [0.25, 0.3) is 0 Å². The number of halogens is 3. The van der Waals surface area contributed by atoms with Crippen molar-refractivity contribution in [3.63, 3.8) is 0 Å². The zero-order valence-electron chi connectivity index (χ0n) is 19.7. The summed E-state index contributed by atoms with van der Waals surface area (Å²) in [7, 11) is 0. The first-order valence-electron chi connectivity index (χ1n) is 11.6. The lowest BCUT2D eigenvalue weighted by atomic mass is 10.1. The Labute approximate surface area is 207 Å². The van der Waals surface area contributed by atoms with Gasteiger partial charge in [0.15, 0.2) is 0 Å². The Balaban J connectivity index is 1.27. The van der Waals surface area contributed by atoms with E-state index in [1.807, 2.05) is 24.0 Å². The summed E-state index contributed by atoms with van der Waals surface area (Å²) in [4.78, 5) is 31.2. The molecular weight excluding hydrogens is 477 g/mol. The number of aryl methyl sites for hydroxylation is 1. The Morgan fingerprint density at radius 3 is 2.31 bits per heavy atom. The molecule has 0 saturated carbocycles. The van der Waals surface area contributed by atoms with Gasteiger partial charge in [-0.25, -0.2) is 4.79 Å². The molecule has 6 nitrogen and oxygen atoms in total. The molecule has 2 fully saturated rings. The Kier molecular flexibility index (Phi) is 7.61. The zero-order chi connectivity index (χ0) is 25.2. The fraction of sp³-hybridized carbons (Fsp3) is 0.440. The van der Waals surface area contributed by atoms with Crippen LogP contribution in [0.3, 0.4) is 0 Å². The van der Waals surface area contributed by atoms with Crippen LogP contribution in [0.15, 0.2) is 48.5 Å². The van der Waals surface area contributed by atoms with Gasteiger partial charge in [0.05, 0.1) is 10.8 Å².